The Bertz CT molecular complexity index is 824. The summed E-state index contributed by atoms with van der Waals surface area (Å²) in [6.45, 7) is 0.0846. The van der Waals surface area contributed by atoms with E-state index in [1.165, 1.54) is 0 Å². The van der Waals surface area contributed by atoms with E-state index in [2.05, 4.69) is 4.99 Å². The number of hydrogen-bond acceptors (Lipinski definition) is 5. The molecule has 140 valence electrons. The monoisotopic (exact) mass is 381 g/mol. The topological polar surface area (TPSA) is 154 Å². The quantitative estimate of drug-likeness (QED) is 0.412. The summed E-state index contributed by atoms with van der Waals surface area (Å²) in [5.41, 5.74) is 10.9. The van der Waals surface area contributed by atoms with Crippen LogP contribution in [-0.4, -0.2) is 31.3 Å². The lowest BCUT2D eigenvalue weighted by Gasteiger charge is -2.06. The number of benzene rings is 2. The summed E-state index contributed by atoms with van der Waals surface area (Å²) < 4.78 is 36.4. The van der Waals surface area contributed by atoms with Crippen molar-refractivity contribution in [3.8, 4) is 11.5 Å². The number of carbonyl (C=O) groups excluding carboxylic acids is 1. The van der Waals surface area contributed by atoms with Crippen molar-refractivity contribution in [3.05, 3.63) is 60.2 Å². The number of guanidine groups is 1. The van der Waals surface area contributed by atoms with Crippen LogP contribution >= 0.6 is 0 Å². The fourth-order valence-corrected chi connectivity index (χ4v) is 1.56. The molecule has 2 aromatic rings. The third-order valence-corrected chi connectivity index (χ3v) is 2.48. The van der Waals surface area contributed by atoms with Gasteiger partial charge in [0.1, 0.15) is 18.1 Å². The fourth-order valence-electron chi connectivity index (χ4n) is 1.56. The number of ether oxygens (including phenoxy) is 2. The number of rotatable bonds is 4. The van der Waals surface area contributed by atoms with Crippen LogP contribution in [0.5, 0.6) is 11.5 Å². The van der Waals surface area contributed by atoms with Crippen LogP contribution < -0.4 is 16.2 Å². The van der Waals surface area contributed by atoms with Crippen LogP contribution in [0.15, 0.2) is 59.6 Å². The maximum absolute atomic E-state index is 11.1. The van der Waals surface area contributed by atoms with E-state index < -0.39 is 16.2 Å². The Kier molecular flexibility index (Phi) is 8.06. The molecule has 0 saturated carbocycles. The molecule has 26 heavy (non-hydrogen) atoms. The van der Waals surface area contributed by atoms with Crippen molar-refractivity contribution in [1.82, 2.24) is 0 Å². The van der Waals surface area contributed by atoms with Gasteiger partial charge in [-0.05, 0) is 29.8 Å². The number of aliphatic imine (C=N–C) groups is 1. The maximum Gasteiger partial charge on any atom is 0.437 e. The molecular formula is C16H19N3O6S. The number of para-hydroxylation sites is 1. The van der Waals surface area contributed by atoms with Crippen molar-refractivity contribution in [2.45, 2.75) is 6.61 Å². The van der Waals surface area contributed by atoms with Gasteiger partial charge in [0.25, 0.3) is 10.1 Å². The summed E-state index contributed by atoms with van der Waals surface area (Å²) in [4.78, 5) is 14.4. The first-order chi connectivity index (χ1) is 12.1. The standard InChI is InChI=1S/C15H15N3O3.CH4O3S/c16-14(17)18-15(19)20-10-11-6-8-13(9-7-11)21-12-4-2-1-3-5-12;1-5(2,3)4/h1-9H,10H2,(H4,16,17,18,19);1H3,(H,2,3,4). The van der Waals surface area contributed by atoms with Gasteiger partial charge in [0.15, 0.2) is 5.96 Å². The van der Waals surface area contributed by atoms with Gasteiger partial charge in [-0.15, -0.1) is 4.99 Å². The SMILES string of the molecule is CS(=O)(=O)O.NC(N)=NC(=O)OCc1ccc(Oc2ccccc2)cc1. The Morgan fingerprint density at radius 2 is 1.54 bits per heavy atom. The third-order valence-electron chi connectivity index (χ3n) is 2.48. The summed E-state index contributed by atoms with van der Waals surface area (Å²) >= 11 is 0. The average Bonchev–Trinajstić information content (AvgIpc) is 2.53. The molecule has 9 nitrogen and oxygen atoms in total. The maximum atomic E-state index is 11.1. The lowest BCUT2D eigenvalue weighted by atomic mass is 10.2. The lowest BCUT2D eigenvalue weighted by molar-refractivity contribution is 0.151. The van der Waals surface area contributed by atoms with Crippen molar-refractivity contribution in [2.75, 3.05) is 6.26 Å². The Morgan fingerprint density at radius 1 is 1.04 bits per heavy atom. The van der Waals surface area contributed by atoms with E-state index in [0.717, 1.165) is 11.3 Å². The molecule has 0 aliphatic heterocycles. The van der Waals surface area contributed by atoms with Crippen molar-refractivity contribution >= 4 is 22.2 Å². The number of carbonyl (C=O) groups is 1. The zero-order chi connectivity index (χ0) is 19.6. The van der Waals surface area contributed by atoms with E-state index >= 15 is 0 Å². The first kappa shape index (κ1) is 20.9. The van der Waals surface area contributed by atoms with E-state index in [1.54, 1.807) is 24.3 Å². The Labute approximate surface area is 151 Å². The Hall–Kier alpha value is -3.11. The fraction of sp³-hybridized carbons (Fsp3) is 0.125. The molecule has 2 rings (SSSR count). The minimum absolute atomic E-state index is 0.0846. The molecule has 0 radical (unpaired) electrons. The number of nitrogens with zero attached hydrogens (tertiary/aromatic N) is 1. The molecule has 2 aromatic carbocycles. The molecular weight excluding hydrogens is 362 g/mol. The number of hydrogen-bond donors (Lipinski definition) is 3. The highest BCUT2D eigenvalue weighted by Crippen LogP contribution is 2.21. The number of amides is 1. The van der Waals surface area contributed by atoms with Crippen molar-refractivity contribution in [3.63, 3.8) is 0 Å². The van der Waals surface area contributed by atoms with Crippen LogP contribution in [0, 0.1) is 0 Å². The second-order valence-corrected chi connectivity index (χ2v) is 6.35. The van der Waals surface area contributed by atoms with Gasteiger partial charge in [-0.1, -0.05) is 30.3 Å². The molecule has 0 aromatic heterocycles. The minimum Gasteiger partial charge on any atom is -0.457 e. The highest BCUT2D eigenvalue weighted by Gasteiger charge is 2.02. The normalized spacial score (nSPS) is 10.1. The average molecular weight is 381 g/mol. The van der Waals surface area contributed by atoms with Gasteiger partial charge in [-0.25, -0.2) is 4.79 Å². The molecule has 1 amide bonds. The van der Waals surface area contributed by atoms with Gasteiger partial charge in [-0.2, -0.15) is 8.42 Å². The van der Waals surface area contributed by atoms with Gasteiger partial charge in [0.2, 0.25) is 0 Å². The van der Waals surface area contributed by atoms with Crippen LogP contribution in [0.4, 0.5) is 4.79 Å². The first-order valence-electron chi connectivity index (χ1n) is 7.14. The van der Waals surface area contributed by atoms with E-state index in [-0.39, 0.29) is 12.6 Å². The first-order valence-corrected chi connectivity index (χ1v) is 8.99. The van der Waals surface area contributed by atoms with E-state index in [1.807, 2.05) is 30.3 Å². The van der Waals surface area contributed by atoms with Crippen LogP contribution in [0.3, 0.4) is 0 Å². The molecule has 0 saturated heterocycles. The molecule has 0 bridgehead atoms. The van der Waals surface area contributed by atoms with Crippen LogP contribution in [0.25, 0.3) is 0 Å². The van der Waals surface area contributed by atoms with E-state index in [0.29, 0.717) is 12.0 Å². The van der Waals surface area contributed by atoms with Gasteiger partial charge in [0.05, 0.1) is 6.26 Å². The van der Waals surface area contributed by atoms with Gasteiger partial charge in [-0.3, -0.25) is 4.55 Å². The minimum atomic E-state index is -3.67. The van der Waals surface area contributed by atoms with E-state index in [9.17, 15) is 13.2 Å². The molecule has 0 fully saturated rings. The second-order valence-electron chi connectivity index (χ2n) is 4.88. The summed E-state index contributed by atoms with van der Waals surface area (Å²) in [5, 5.41) is 0. The zero-order valence-electron chi connectivity index (χ0n) is 13.9. The molecule has 0 aliphatic rings. The molecule has 0 heterocycles. The zero-order valence-corrected chi connectivity index (χ0v) is 14.7. The molecule has 0 spiro atoms. The van der Waals surface area contributed by atoms with Crippen LogP contribution in [-0.2, 0) is 21.5 Å². The van der Waals surface area contributed by atoms with E-state index in [4.69, 9.17) is 25.5 Å². The Balaban J connectivity index is 0.000000597. The van der Waals surface area contributed by atoms with Crippen molar-refractivity contribution in [2.24, 2.45) is 16.5 Å². The van der Waals surface area contributed by atoms with Crippen LogP contribution in [0.1, 0.15) is 5.56 Å². The Morgan fingerprint density at radius 3 is 2.04 bits per heavy atom. The van der Waals surface area contributed by atoms with Crippen molar-refractivity contribution in [1.29, 1.82) is 0 Å². The summed E-state index contributed by atoms with van der Waals surface area (Å²) in [7, 11) is -3.67. The molecule has 0 atom stereocenters. The third kappa shape index (κ3) is 10.6. The highest BCUT2D eigenvalue weighted by atomic mass is 32.2. The molecule has 0 aliphatic carbocycles. The lowest BCUT2D eigenvalue weighted by Crippen LogP contribution is -2.24. The van der Waals surface area contributed by atoms with Crippen LogP contribution in [0.2, 0.25) is 0 Å². The molecule has 0 unspecified atom stereocenters. The summed E-state index contributed by atoms with van der Waals surface area (Å²) in [6, 6.07) is 16.6. The highest BCUT2D eigenvalue weighted by molar-refractivity contribution is 7.85. The van der Waals surface area contributed by atoms with Gasteiger partial charge >= 0.3 is 6.09 Å². The molecule has 5 N–H and O–H groups in total. The summed E-state index contributed by atoms with van der Waals surface area (Å²) in [6.07, 6.45) is -0.105. The largest absolute Gasteiger partial charge is 0.457 e. The molecule has 10 heteroatoms. The smallest absolute Gasteiger partial charge is 0.437 e. The van der Waals surface area contributed by atoms with Gasteiger partial charge < -0.3 is 20.9 Å². The number of nitrogens with two attached hydrogens (primary N) is 2. The predicted octanol–water partition coefficient (Wildman–Crippen LogP) is 1.89. The summed E-state index contributed by atoms with van der Waals surface area (Å²) in [5.74, 6) is 1.12. The predicted molar refractivity (Wildman–Crippen MR) is 96.4 cm³/mol. The van der Waals surface area contributed by atoms with Crippen molar-refractivity contribution < 1.29 is 27.2 Å². The second kappa shape index (κ2) is 10.0. The van der Waals surface area contributed by atoms with Gasteiger partial charge in [0, 0.05) is 0 Å².